The van der Waals surface area contributed by atoms with Crippen LogP contribution in [0.1, 0.15) is 18.4 Å². The van der Waals surface area contributed by atoms with Crippen LogP contribution >= 0.6 is 11.6 Å². The van der Waals surface area contributed by atoms with Crippen LogP contribution in [-0.4, -0.2) is 29.7 Å². The number of aliphatic hydroxyl groups excluding tert-OH is 1. The van der Waals surface area contributed by atoms with E-state index in [9.17, 15) is 4.39 Å². The van der Waals surface area contributed by atoms with Gasteiger partial charge in [0.05, 0.1) is 0 Å². The summed E-state index contributed by atoms with van der Waals surface area (Å²) in [4.78, 5) is 2.26. The van der Waals surface area contributed by atoms with Gasteiger partial charge in [0, 0.05) is 18.2 Å². The smallest absolute Gasteiger partial charge is 0.123 e. The van der Waals surface area contributed by atoms with Crippen LogP contribution in [0.25, 0.3) is 0 Å². The van der Waals surface area contributed by atoms with Gasteiger partial charge in [-0.25, -0.2) is 4.39 Å². The van der Waals surface area contributed by atoms with E-state index < -0.39 is 0 Å². The summed E-state index contributed by atoms with van der Waals surface area (Å²) in [6.45, 7) is 2.85. The minimum atomic E-state index is -0.241. The number of nitrogens with zero attached hydrogens (tertiary/aromatic N) is 1. The lowest BCUT2D eigenvalue weighted by Gasteiger charge is -2.31. The van der Waals surface area contributed by atoms with Gasteiger partial charge in [-0.05, 0) is 55.6 Å². The Hall–Kier alpha value is -0.640. The molecule has 1 N–H and O–H groups in total. The molecule has 2 rings (SSSR count). The van der Waals surface area contributed by atoms with Crippen LogP contribution in [0.4, 0.5) is 4.39 Å². The maximum Gasteiger partial charge on any atom is 0.123 e. The molecule has 4 heteroatoms. The Kier molecular flexibility index (Phi) is 4.37. The van der Waals surface area contributed by atoms with Gasteiger partial charge in [0.1, 0.15) is 5.82 Å². The standard InChI is InChI=1S/C13H17ClFNO/c14-13-2-1-12(15)7-11(13)8-16-5-3-10(9-17)4-6-16/h1-2,7,10,17H,3-6,8-9H2. The molecule has 1 aromatic rings. The molecule has 0 bridgehead atoms. The normalized spacial score (nSPS) is 18.5. The van der Waals surface area contributed by atoms with Gasteiger partial charge in [-0.15, -0.1) is 0 Å². The average molecular weight is 258 g/mol. The van der Waals surface area contributed by atoms with E-state index in [1.54, 1.807) is 6.07 Å². The SMILES string of the molecule is OCC1CCN(Cc2cc(F)ccc2Cl)CC1. The number of rotatable bonds is 3. The highest BCUT2D eigenvalue weighted by Crippen LogP contribution is 2.22. The van der Waals surface area contributed by atoms with Gasteiger partial charge in [0.2, 0.25) is 0 Å². The summed E-state index contributed by atoms with van der Waals surface area (Å²) in [6.07, 6.45) is 2.01. The summed E-state index contributed by atoms with van der Waals surface area (Å²) in [7, 11) is 0. The summed E-state index contributed by atoms with van der Waals surface area (Å²) in [5.74, 6) is 0.184. The van der Waals surface area contributed by atoms with E-state index in [1.807, 2.05) is 0 Å². The van der Waals surface area contributed by atoms with Gasteiger partial charge in [0.15, 0.2) is 0 Å². The third-order valence-corrected chi connectivity index (χ3v) is 3.74. The highest BCUT2D eigenvalue weighted by molar-refractivity contribution is 6.31. The van der Waals surface area contributed by atoms with Gasteiger partial charge >= 0.3 is 0 Å². The fourth-order valence-electron chi connectivity index (χ4n) is 2.23. The zero-order valence-electron chi connectivity index (χ0n) is 9.70. The summed E-state index contributed by atoms with van der Waals surface area (Å²) in [5.41, 5.74) is 0.842. The molecule has 1 aromatic carbocycles. The number of piperidine rings is 1. The van der Waals surface area contributed by atoms with Crippen molar-refractivity contribution >= 4 is 11.6 Å². The lowest BCUT2D eigenvalue weighted by atomic mass is 9.97. The first kappa shape index (κ1) is 12.8. The molecular weight excluding hydrogens is 241 g/mol. The molecule has 2 nitrogen and oxygen atoms in total. The van der Waals surface area contributed by atoms with E-state index in [1.165, 1.54) is 12.1 Å². The van der Waals surface area contributed by atoms with Crippen LogP contribution in [0, 0.1) is 11.7 Å². The topological polar surface area (TPSA) is 23.5 Å². The summed E-state index contributed by atoms with van der Waals surface area (Å²) < 4.78 is 13.1. The molecule has 0 aromatic heterocycles. The fourth-order valence-corrected chi connectivity index (χ4v) is 2.41. The molecule has 1 heterocycles. The third-order valence-electron chi connectivity index (χ3n) is 3.37. The zero-order valence-corrected chi connectivity index (χ0v) is 10.5. The molecular formula is C13H17ClFNO. The Balaban J connectivity index is 1.95. The van der Waals surface area contributed by atoms with Gasteiger partial charge in [-0.2, -0.15) is 0 Å². The number of hydrogen-bond acceptors (Lipinski definition) is 2. The van der Waals surface area contributed by atoms with Crippen molar-refractivity contribution in [3.8, 4) is 0 Å². The van der Waals surface area contributed by atoms with E-state index >= 15 is 0 Å². The quantitative estimate of drug-likeness (QED) is 0.900. The molecule has 0 amide bonds. The Morgan fingerprint density at radius 3 is 2.71 bits per heavy atom. The Morgan fingerprint density at radius 2 is 2.06 bits per heavy atom. The molecule has 1 saturated heterocycles. The maximum absolute atomic E-state index is 13.1. The van der Waals surface area contributed by atoms with Gasteiger partial charge in [0.25, 0.3) is 0 Å². The van der Waals surface area contributed by atoms with Crippen LogP contribution in [0.2, 0.25) is 5.02 Å². The van der Waals surface area contributed by atoms with E-state index in [-0.39, 0.29) is 12.4 Å². The highest BCUT2D eigenvalue weighted by Gasteiger charge is 2.19. The van der Waals surface area contributed by atoms with Crippen molar-refractivity contribution in [2.24, 2.45) is 5.92 Å². The summed E-state index contributed by atoms with van der Waals surface area (Å²) >= 11 is 6.04. The van der Waals surface area contributed by atoms with Gasteiger partial charge in [-0.1, -0.05) is 11.6 Å². The van der Waals surface area contributed by atoms with E-state index in [0.29, 0.717) is 17.5 Å². The Morgan fingerprint density at radius 1 is 1.35 bits per heavy atom. The number of aliphatic hydroxyl groups is 1. The second-order valence-corrected chi connectivity index (χ2v) is 5.05. The molecule has 94 valence electrons. The molecule has 17 heavy (non-hydrogen) atoms. The van der Waals surface area contributed by atoms with Crippen molar-refractivity contribution < 1.29 is 9.50 Å². The van der Waals surface area contributed by atoms with Crippen molar-refractivity contribution in [2.45, 2.75) is 19.4 Å². The van der Waals surface area contributed by atoms with Crippen LogP contribution < -0.4 is 0 Å². The van der Waals surface area contributed by atoms with E-state index in [4.69, 9.17) is 16.7 Å². The molecule has 1 aliphatic rings. The lowest BCUT2D eigenvalue weighted by molar-refractivity contribution is 0.127. The summed E-state index contributed by atoms with van der Waals surface area (Å²) in [6, 6.07) is 4.48. The van der Waals surface area contributed by atoms with Crippen LogP contribution in [0.5, 0.6) is 0 Å². The van der Waals surface area contributed by atoms with E-state index in [0.717, 1.165) is 31.5 Å². The van der Waals surface area contributed by atoms with Crippen molar-refractivity contribution in [1.82, 2.24) is 4.90 Å². The van der Waals surface area contributed by atoms with Crippen molar-refractivity contribution in [3.63, 3.8) is 0 Å². The zero-order chi connectivity index (χ0) is 12.3. The molecule has 0 unspecified atom stereocenters. The van der Waals surface area contributed by atoms with E-state index in [2.05, 4.69) is 4.90 Å². The number of hydrogen-bond donors (Lipinski definition) is 1. The molecule has 0 atom stereocenters. The van der Waals surface area contributed by atoms with Crippen molar-refractivity contribution in [1.29, 1.82) is 0 Å². The largest absolute Gasteiger partial charge is 0.396 e. The lowest BCUT2D eigenvalue weighted by Crippen LogP contribution is -2.34. The molecule has 1 aliphatic heterocycles. The first-order valence-corrected chi connectivity index (χ1v) is 6.34. The molecule has 0 spiro atoms. The number of benzene rings is 1. The average Bonchev–Trinajstić information content (AvgIpc) is 2.35. The van der Waals surface area contributed by atoms with Gasteiger partial charge < -0.3 is 5.11 Å². The number of likely N-dealkylation sites (tertiary alicyclic amines) is 1. The molecule has 0 aliphatic carbocycles. The van der Waals surface area contributed by atoms with Crippen LogP contribution in [0.3, 0.4) is 0 Å². The van der Waals surface area contributed by atoms with Crippen molar-refractivity contribution in [2.75, 3.05) is 19.7 Å². The Bertz CT molecular complexity index is 378. The summed E-state index contributed by atoms with van der Waals surface area (Å²) in [5, 5.41) is 9.68. The maximum atomic E-state index is 13.1. The highest BCUT2D eigenvalue weighted by atomic mass is 35.5. The van der Waals surface area contributed by atoms with Crippen molar-refractivity contribution in [3.05, 3.63) is 34.6 Å². The predicted molar refractivity (Wildman–Crippen MR) is 66.5 cm³/mol. The second-order valence-electron chi connectivity index (χ2n) is 4.64. The molecule has 0 radical (unpaired) electrons. The predicted octanol–water partition coefficient (Wildman–Crippen LogP) is 2.68. The number of halogens is 2. The van der Waals surface area contributed by atoms with Crippen LogP contribution in [-0.2, 0) is 6.54 Å². The second kappa shape index (κ2) is 5.80. The van der Waals surface area contributed by atoms with Crippen LogP contribution in [0.15, 0.2) is 18.2 Å². The molecule has 1 fully saturated rings. The minimum absolute atomic E-state index is 0.241. The first-order valence-electron chi connectivity index (χ1n) is 5.96. The monoisotopic (exact) mass is 257 g/mol. The Labute approximate surface area is 106 Å². The first-order chi connectivity index (χ1) is 8.19. The fraction of sp³-hybridized carbons (Fsp3) is 0.538. The van der Waals surface area contributed by atoms with Gasteiger partial charge in [-0.3, -0.25) is 4.90 Å². The third kappa shape index (κ3) is 3.41. The molecule has 0 saturated carbocycles. The minimum Gasteiger partial charge on any atom is -0.396 e.